The fourth-order valence-electron chi connectivity index (χ4n) is 1.60. The van der Waals surface area contributed by atoms with Crippen LogP contribution >= 0.6 is 0 Å². The third kappa shape index (κ3) is 5.56. The van der Waals surface area contributed by atoms with Crippen molar-refractivity contribution in [3.8, 4) is 0 Å². The summed E-state index contributed by atoms with van der Waals surface area (Å²) in [4.78, 5) is 11.6. The summed E-state index contributed by atoms with van der Waals surface area (Å²) >= 11 is 0. The maximum atomic E-state index is 13.0. The molecule has 0 spiro atoms. The minimum atomic E-state index is -3.70. The molecule has 20 heavy (non-hydrogen) atoms. The van der Waals surface area contributed by atoms with Crippen LogP contribution in [0.5, 0.6) is 0 Å². The average Bonchev–Trinajstić information content (AvgIpc) is 2.34. The molecule has 1 atom stereocenters. The molecule has 7 heteroatoms. The van der Waals surface area contributed by atoms with E-state index in [-0.39, 0.29) is 17.3 Å². The normalized spacial score (nSPS) is 12.8. The van der Waals surface area contributed by atoms with Crippen molar-refractivity contribution in [1.29, 1.82) is 0 Å². The molecule has 0 radical (unpaired) electrons. The van der Waals surface area contributed by atoms with Gasteiger partial charge in [0, 0.05) is 6.54 Å². The predicted molar refractivity (Wildman–Crippen MR) is 76.3 cm³/mol. The number of nitrogens with one attached hydrogen (secondary N) is 2. The van der Waals surface area contributed by atoms with Gasteiger partial charge in [-0.1, -0.05) is 19.9 Å². The summed E-state index contributed by atoms with van der Waals surface area (Å²) in [7, 11) is -3.70. The number of hydrogen-bond donors (Lipinski definition) is 2. The third-order valence-corrected chi connectivity index (χ3v) is 4.05. The highest BCUT2D eigenvalue weighted by molar-refractivity contribution is 7.92. The largest absolute Gasteiger partial charge is 0.356 e. The van der Waals surface area contributed by atoms with Crippen LogP contribution in [0.25, 0.3) is 0 Å². The van der Waals surface area contributed by atoms with Gasteiger partial charge in [0.1, 0.15) is 5.82 Å². The first-order chi connectivity index (χ1) is 9.34. The van der Waals surface area contributed by atoms with Gasteiger partial charge in [-0.3, -0.25) is 9.52 Å². The van der Waals surface area contributed by atoms with Crippen molar-refractivity contribution < 1.29 is 17.6 Å². The Morgan fingerprint density at radius 3 is 2.70 bits per heavy atom. The minimum absolute atomic E-state index is 0.145. The molecule has 0 fully saturated rings. The Morgan fingerprint density at radius 1 is 1.40 bits per heavy atom. The molecule has 0 aromatic heterocycles. The van der Waals surface area contributed by atoms with Gasteiger partial charge >= 0.3 is 0 Å². The summed E-state index contributed by atoms with van der Waals surface area (Å²) in [5.74, 6) is -1.86. The first kappa shape index (κ1) is 16.4. The molecule has 0 aliphatic heterocycles. The highest BCUT2D eigenvalue weighted by Gasteiger charge is 2.21. The van der Waals surface area contributed by atoms with Crippen molar-refractivity contribution in [2.24, 2.45) is 5.92 Å². The second-order valence-electron chi connectivity index (χ2n) is 4.59. The van der Waals surface area contributed by atoms with Crippen molar-refractivity contribution in [2.75, 3.05) is 17.0 Å². The molecular weight excluding hydrogens is 283 g/mol. The number of carbonyl (C=O) groups excluding carboxylic acids is 1. The molecule has 0 saturated heterocycles. The Hall–Kier alpha value is -1.63. The second-order valence-corrected chi connectivity index (χ2v) is 6.35. The van der Waals surface area contributed by atoms with Gasteiger partial charge in [0.15, 0.2) is 0 Å². The van der Waals surface area contributed by atoms with Crippen LogP contribution in [-0.2, 0) is 14.8 Å². The van der Waals surface area contributed by atoms with Crippen LogP contribution in [0.2, 0.25) is 0 Å². The lowest BCUT2D eigenvalue weighted by Crippen LogP contribution is -2.35. The number of amides is 1. The summed E-state index contributed by atoms with van der Waals surface area (Å²) < 4.78 is 39.0. The van der Waals surface area contributed by atoms with E-state index in [4.69, 9.17) is 0 Å². The molecule has 0 aliphatic carbocycles. The number of sulfonamides is 1. The molecular formula is C13H19FN2O3S. The Balaban J connectivity index is 2.63. The first-order valence-corrected chi connectivity index (χ1v) is 8.03. The molecule has 2 N–H and O–H groups in total. The quantitative estimate of drug-likeness (QED) is 0.805. The van der Waals surface area contributed by atoms with Gasteiger partial charge in [-0.2, -0.15) is 0 Å². The molecule has 0 saturated carbocycles. The lowest BCUT2D eigenvalue weighted by atomic mass is 10.2. The molecule has 5 nitrogen and oxygen atoms in total. The number of carbonyl (C=O) groups is 1. The fraction of sp³-hybridized carbons (Fsp3) is 0.462. The molecule has 1 unspecified atom stereocenters. The monoisotopic (exact) mass is 302 g/mol. The lowest BCUT2D eigenvalue weighted by Gasteiger charge is -2.13. The van der Waals surface area contributed by atoms with Crippen LogP contribution in [0.1, 0.15) is 20.3 Å². The Bertz CT molecular complexity index is 560. The topological polar surface area (TPSA) is 75.3 Å². The number of hydrogen-bond acceptors (Lipinski definition) is 3. The van der Waals surface area contributed by atoms with Gasteiger partial charge < -0.3 is 5.32 Å². The van der Waals surface area contributed by atoms with Crippen LogP contribution < -0.4 is 10.0 Å². The SMILES string of the molecule is CCCNC(=O)C(C)CS(=O)(=O)Nc1cccc(F)c1. The molecule has 1 rings (SSSR count). The van der Waals surface area contributed by atoms with Gasteiger partial charge in [-0.15, -0.1) is 0 Å². The van der Waals surface area contributed by atoms with Crippen molar-refractivity contribution in [2.45, 2.75) is 20.3 Å². The Kier molecular flexibility index (Phi) is 5.94. The van der Waals surface area contributed by atoms with Crippen LogP contribution in [0.3, 0.4) is 0 Å². The summed E-state index contributed by atoms with van der Waals surface area (Å²) in [6.07, 6.45) is 0.784. The van der Waals surface area contributed by atoms with E-state index in [9.17, 15) is 17.6 Å². The fourth-order valence-corrected chi connectivity index (χ4v) is 2.98. The first-order valence-electron chi connectivity index (χ1n) is 6.38. The van der Waals surface area contributed by atoms with Crippen molar-refractivity contribution >= 4 is 21.6 Å². The summed E-state index contributed by atoms with van der Waals surface area (Å²) in [6.45, 7) is 3.96. The van der Waals surface area contributed by atoms with E-state index in [1.54, 1.807) is 0 Å². The van der Waals surface area contributed by atoms with Crippen LogP contribution in [-0.4, -0.2) is 26.6 Å². The van der Waals surface area contributed by atoms with Gasteiger partial charge in [-0.05, 0) is 24.6 Å². The zero-order valence-corrected chi connectivity index (χ0v) is 12.3. The van der Waals surface area contributed by atoms with E-state index in [1.165, 1.54) is 25.1 Å². The molecule has 0 heterocycles. The van der Waals surface area contributed by atoms with E-state index >= 15 is 0 Å². The lowest BCUT2D eigenvalue weighted by molar-refractivity contribution is -0.123. The van der Waals surface area contributed by atoms with E-state index in [1.807, 2.05) is 6.92 Å². The van der Waals surface area contributed by atoms with Gasteiger partial charge in [0.05, 0.1) is 17.4 Å². The van der Waals surface area contributed by atoms with E-state index < -0.39 is 21.8 Å². The number of benzene rings is 1. The van der Waals surface area contributed by atoms with Crippen molar-refractivity contribution in [3.05, 3.63) is 30.1 Å². The van der Waals surface area contributed by atoms with Crippen LogP contribution in [0.15, 0.2) is 24.3 Å². The molecule has 0 bridgehead atoms. The molecule has 1 amide bonds. The van der Waals surface area contributed by atoms with Crippen LogP contribution in [0.4, 0.5) is 10.1 Å². The smallest absolute Gasteiger partial charge is 0.233 e. The zero-order valence-electron chi connectivity index (χ0n) is 11.5. The van der Waals surface area contributed by atoms with Gasteiger partial charge in [0.25, 0.3) is 0 Å². The standard InChI is InChI=1S/C13H19FN2O3S/c1-3-7-15-13(17)10(2)9-20(18,19)16-12-6-4-5-11(14)8-12/h4-6,8,10,16H,3,7,9H2,1-2H3,(H,15,17). The van der Waals surface area contributed by atoms with Gasteiger partial charge in [0.2, 0.25) is 15.9 Å². The Morgan fingerprint density at radius 2 is 2.10 bits per heavy atom. The van der Waals surface area contributed by atoms with E-state index in [0.29, 0.717) is 6.54 Å². The molecule has 112 valence electrons. The maximum absolute atomic E-state index is 13.0. The van der Waals surface area contributed by atoms with Crippen molar-refractivity contribution in [1.82, 2.24) is 5.32 Å². The highest BCUT2D eigenvalue weighted by atomic mass is 32.2. The summed E-state index contributed by atoms with van der Waals surface area (Å²) in [5, 5.41) is 2.64. The number of halogens is 1. The Labute approximate surface area is 118 Å². The summed E-state index contributed by atoms with van der Waals surface area (Å²) in [5.41, 5.74) is 0.145. The molecule has 0 aliphatic rings. The van der Waals surface area contributed by atoms with E-state index in [0.717, 1.165) is 12.5 Å². The summed E-state index contributed by atoms with van der Waals surface area (Å²) in [6, 6.07) is 5.16. The van der Waals surface area contributed by atoms with Crippen LogP contribution in [0, 0.1) is 11.7 Å². The third-order valence-electron chi connectivity index (χ3n) is 2.56. The second kappa shape index (κ2) is 7.23. The predicted octanol–water partition coefficient (Wildman–Crippen LogP) is 1.73. The zero-order chi connectivity index (χ0) is 15.2. The number of rotatable bonds is 7. The van der Waals surface area contributed by atoms with E-state index in [2.05, 4.69) is 10.0 Å². The average molecular weight is 302 g/mol. The van der Waals surface area contributed by atoms with Gasteiger partial charge in [-0.25, -0.2) is 12.8 Å². The minimum Gasteiger partial charge on any atom is -0.356 e. The molecule has 1 aromatic carbocycles. The highest BCUT2D eigenvalue weighted by Crippen LogP contribution is 2.12. The molecule has 1 aromatic rings. The number of anilines is 1. The van der Waals surface area contributed by atoms with Crippen molar-refractivity contribution in [3.63, 3.8) is 0 Å². The maximum Gasteiger partial charge on any atom is 0.233 e.